The van der Waals surface area contributed by atoms with Gasteiger partial charge < -0.3 is 15.4 Å². The zero-order chi connectivity index (χ0) is 11.5. The van der Waals surface area contributed by atoms with Gasteiger partial charge in [-0.05, 0) is 39.8 Å². The molecule has 1 rings (SSSR count). The van der Waals surface area contributed by atoms with E-state index in [4.69, 9.17) is 10.5 Å². The van der Waals surface area contributed by atoms with Crippen LogP contribution in [-0.2, 0) is 9.53 Å². The summed E-state index contributed by atoms with van der Waals surface area (Å²) in [7, 11) is 1.46. The van der Waals surface area contributed by atoms with Crippen molar-refractivity contribution in [3.05, 3.63) is 0 Å². The van der Waals surface area contributed by atoms with Gasteiger partial charge in [-0.2, -0.15) is 0 Å². The molecule has 0 spiro atoms. The van der Waals surface area contributed by atoms with Gasteiger partial charge in [0.2, 0.25) is 0 Å². The smallest absolute Gasteiger partial charge is 0.308 e. The minimum absolute atomic E-state index is 0. The third-order valence-corrected chi connectivity index (χ3v) is 2.75. The molecule has 0 atom stereocenters. The molecule has 96 valence electrons. The number of hydrogen-bond donors (Lipinski definition) is 1. The van der Waals surface area contributed by atoms with Crippen molar-refractivity contribution in [2.45, 2.75) is 32.2 Å². The van der Waals surface area contributed by atoms with Crippen LogP contribution < -0.4 is 5.73 Å². The SMILES string of the molecule is COC(=O)C1CCN(CC(C)(C)N)CC1.Cl. The van der Waals surface area contributed by atoms with Gasteiger partial charge in [-0.3, -0.25) is 4.79 Å². The molecule has 16 heavy (non-hydrogen) atoms. The van der Waals surface area contributed by atoms with Crippen molar-refractivity contribution in [1.82, 2.24) is 4.90 Å². The highest BCUT2D eigenvalue weighted by molar-refractivity contribution is 5.85. The predicted molar refractivity (Wildman–Crippen MR) is 66.7 cm³/mol. The monoisotopic (exact) mass is 250 g/mol. The normalized spacial score (nSPS) is 19.0. The number of halogens is 1. The van der Waals surface area contributed by atoms with Gasteiger partial charge in [-0.15, -0.1) is 12.4 Å². The van der Waals surface area contributed by atoms with E-state index in [9.17, 15) is 4.79 Å². The number of carbonyl (C=O) groups is 1. The summed E-state index contributed by atoms with van der Waals surface area (Å²) in [4.78, 5) is 13.6. The van der Waals surface area contributed by atoms with Crippen molar-refractivity contribution >= 4 is 18.4 Å². The third kappa shape index (κ3) is 5.14. The Hall–Kier alpha value is -0.320. The number of piperidine rings is 1. The minimum atomic E-state index is -0.155. The highest BCUT2D eigenvalue weighted by Gasteiger charge is 2.27. The number of hydrogen-bond acceptors (Lipinski definition) is 4. The summed E-state index contributed by atoms with van der Waals surface area (Å²) < 4.78 is 4.74. The molecule has 1 saturated heterocycles. The molecular weight excluding hydrogens is 228 g/mol. The molecule has 0 radical (unpaired) electrons. The lowest BCUT2D eigenvalue weighted by atomic mass is 9.95. The van der Waals surface area contributed by atoms with Crippen LogP contribution in [0.25, 0.3) is 0 Å². The number of likely N-dealkylation sites (tertiary alicyclic amines) is 1. The summed E-state index contributed by atoms with van der Waals surface area (Å²) in [6, 6.07) is 0. The molecule has 2 N–H and O–H groups in total. The minimum Gasteiger partial charge on any atom is -0.469 e. The predicted octanol–water partition coefficient (Wildman–Crippen LogP) is 1.03. The largest absolute Gasteiger partial charge is 0.469 e. The van der Waals surface area contributed by atoms with Gasteiger partial charge in [0, 0.05) is 12.1 Å². The molecule has 0 bridgehead atoms. The number of ether oxygens (including phenoxy) is 1. The van der Waals surface area contributed by atoms with Crippen LogP contribution in [0.1, 0.15) is 26.7 Å². The van der Waals surface area contributed by atoms with Crippen molar-refractivity contribution < 1.29 is 9.53 Å². The van der Waals surface area contributed by atoms with Crippen LogP contribution in [0.2, 0.25) is 0 Å². The Labute approximate surface area is 104 Å². The second-order valence-corrected chi connectivity index (χ2v) is 5.06. The molecule has 1 heterocycles. The average molecular weight is 251 g/mol. The molecule has 1 fully saturated rings. The first-order chi connectivity index (χ1) is 6.92. The number of nitrogens with zero attached hydrogens (tertiary/aromatic N) is 1. The molecule has 0 aromatic rings. The second-order valence-electron chi connectivity index (χ2n) is 5.06. The summed E-state index contributed by atoms with van der Waals surface area (Å²) in [5.41, 5.74) is 5.80. The Morgan fingerprint density at radius 1 is 1.44 bits per heavy atom. The lowest BCUT2D eigenvalue weighted by molar-refractivity contribution is -0.147. The average Bonchev–Trinajstić information content (AvgIpc) is 2.15. The Bertz CT molecular complexity index is 221. The zero-order valence-corrected chi connectivity index (χ0v) is 11.2. The molecule has 0 amide bonds. The van der Waals surface area contributed by atoms with Gasteiger partial charge in [0.25, 0.3) is 0 Å². The first-order valence-corrected chi connectivity index (χ1v) is 5.51. The highest BCUT2D eigenvalue weighted by atomic mass is 35.5. The fraction of sp³-hybridized carbons (Fsp3) is 0.909. The molecular formula is C11H23ClN2O2. The van der Waals surface area contributed by atoms with Crippen molar-refractivity contribution in [3.8, 4) is 0 Å². The van der Waals surface area contributed by atoms with E-state index in [0.29, 0.717) is 0 Å². The third-order valence-electron chi connectivity index (χ3n) is 2.75. The molecule has 5 heteroatoms. The van der Waals surface area contributed by atoms with Crippen LogP contribution in [0, 0.1) is 5.92 Å². The molecule has 0 aliphatic carbocycles. The number of esters is 1. The van der Waals surface area contributed by atoms with E-state index >= 15 is 0 Å². The number of carbonyl (C=O) groups excluding carboxylic acids is 1. The number of rotatable bonds is 3. The van der Waals surface area contributed by atoms with Crippen LogP contribution in [0.4, 0.5) is 0 Å². The quantitative estimate of drug-likeness (QED) is 0.761. The van der Waals surface area contributed by atoms with Gasteiger partial charge in [-0.1, -0.05) is 0 Å². The van der Waals surface area contributed by atoms with Gasteiger partial charge in [-0.25, -0.2) is 0 Å². The standard InChI is InChI=1S/C11H22N2O2.ClH/c1-11(2,12)8-13-6-4-9(5-7-13)10(14)15-3;/h9H,4-8,12H2,1-3H3;1H. The van der Waals surface area contributed by atoms with E-state index in [1.165, 1.54) is 7.11 Å². The van der Waals surface area contributed by atoms with Crippen LogP contribution >= 0.6 is 12.4 Å². The van der Waals surface area contributed by atoms with E-state index in [-0.39, 0.29) is 29.8 Å². The molecule has 0 saturated carbocycles. The lowest BCUT2D eigenvalue weighted by Crippen LogP contribution is -2.48. The number of nitrogens with two attached hydrogens (primary N) is 1. The maximum atomic E-state index is 11.3. The van der Waals surface area contributed by atoms with E-state index < -0.39 is 0 Å². The first-order valence-electron chi connectivity index (χ1n) is 5.51. The van der Waals surface area contributed by atoms with Crippen molar-refractivity contribution in [1.29, 1.82) is 0 Å². The van der Waals surface area contributed by atoms with E-state index in [1.54, 1.807) is 0 Å². The van der Waals surface area contributed by atoms with Crippen molar-refractivity contribution in [2.24, 2.45) is 11.7 Å². The van der Waals surface area contributed by atoms with Gasteiger partial charge in [0.1, 0.15) is 0 Å². The van der Waals surface area contributed by atoms with Crippen LogP contribution in [-0.4, -0.2) is 43.2 Å². The van der Waals surface area contributed by atoms with Gasteiger partial charge in [0.05, 0.1) is 13.0 Å². The van der Waals surface area contributed by atoms with Gasteiger partial charge in [0.15, 0.2) is 0 Å². The summed E-state index contributed by atoms with van der Waals surface area (Å²) in [6.45, 7) is 6.83. The fourth-order valence-electron chi connectivity index (χ4n) is 2.07. The lowest BCUT2D eigenvalue weighted by Gasteiger charge is -2.34. The maximum absolute atomic E-state index is 11.3. The Morgan fingerprint density at radius 2 is 1.94 bits per heavy atom. The number of methoxy groups -OCH3 is 1. The molecule has 0 aromatic carbocycles. The Morgan fingerprint density at radius 3 is 2.31 bits per heavy atom. The first kappa shape index (κ1) is 15.7. The molecule has 4 nitrogen and oxygen atoms in total. The molecule has 0 aromatic heterocycles. The van der Waals surface area contributed by atoms with Crippen molar-refractivity contribution in [2.75, 3.05) is 26.7 Å². The Balaban J connectivity index is 0.00000225. The second kappa shape index (κ2) is 6.42. The molecule has 0 unspecified atom stereocenters. The van der Waals surface area contributed by atoms with E-state index in [2.05, 4.69) is 4.90 Å². The summed E-state index contributed by atoms with van der Waals surface area (Å²) in [5, 5.41) is 0. The van der Waals surface area contributed by atoms with Crippen LogP contribution in [0.5, 0.6) is 0 Å². The Kier molecular flexibility index (Phi) is 6.30. The fourth-order valence-corrected chi connectivity index (χ4v) is 2.07. The van der Waals surface area contributed by atoms with Crippen molar-refractivity contribution in [3.63, 3.8) is 0 Å². The van der Waals surface area contributed by atoms with Crippen LogP contribution in [0.3, 0.4) is 0 Å². The highest BCUT2D eigenvalue weighted by Crippen LogP contribution is 2.19. The summed E-state index contributed by atoms with van der Waals surface area (Å²) >= 11 is 0. The summed E-state index contributed by atoms with van der Waals surface area (Å²) in [5.74, 6) is 0.0220. The molecule has 1 aliphatic heterocycles. The van der Waals surface area contributed by atoms with Crippen LogP contribution in [0.15, 0.2) is 0 Å². The van der Waals surface area contributed by atoms with E-state index in [1.807, 2.05) is 13.8 Å². The topological polar surface area (TPSA) is 55.6 Å². The zero-order valence-electron chi connectivity index (χ0n) is 10.4. The molecule has 1 aliphatic rings. The van der Waals surface area contributed by atoms with Gasteiger partial charge >= 0.3 is 5.97 Å². The van der Waals surface area contributed by atoms with E-state index in [0.717, 1.165) is 32.5 Å². The summed E-state index contributed by atoms with van der Waals surface area (Å²) in [6.07, 6.45) is 1.78. The maximum Gasteiger partial charge on any atom is 0.308 e.